The van der Waals surface area contributed by atoms with Crippen molar-refractivity contribution in [2.45, 2.75) is 43.5 Å². The second-order valence-electron chi connectivity index (χ2n) is 7.02. The van der Waals surface area contributed by atoms with Crippen LogP contribution in [0.4, 0.5) is 0 Å². The van der Waals surface area contributed by atoms with Crippen LogP contribution in [-0.4, -0.2) is 31.7 Å². The lowest BCUT2D eigenvalue weighted by molar-refractivity contribution is -0.121. The minimum Gasteiger partial charge on any atom is -0.352 e. The molecule has 0 radical (unpaired) electrons. The number of carbonyl (C=O) groups excluding carboxylic acids is 1. The molecule has 2 aromatic rings. The molecule has 28 heavy (non-hydrogen) atoms. The lowest BCUT2D eigenvalue weighted by Gasteiger charge is -2.25. The van der Waals surface area contributed by atoms with Crippen LogP contribution in [0.1, 0.15) is 36.8 Å². The fourth-order valence-electron chi connectivity index (χ4n) is 3.28. The van der Waals surface area contributed by atoms with Gasteiger partial charge in [0.15, 0.2) is 0 Å². The number of benzene rings is 2. The van der Waals surface area contributed by atoms with Gasteiger partial charge in [0.2, 0.25) is 15.9 Å². The van der Waals surface area contributed by atoms with Crippen LogP contribution in [0.5, 0.6) is 0 Å². The van der Waals surface area contributed by atoms with Crippen molar-refractivity contribution in [2.24, 2.45) is 0 Å². The van der Waals surface area contributed by atoms with Crippen LogP contribution in [0.3, 0.4) is 0 Å². The zero-order valence-corrected chi connectivity index (χ0v) is 17.3. The minimum absolute atomic E-state index is 0.0509. The first-order chi connectivity index (χ1) is 13.4. The van der Waals surface area contributed by atoms with Crippen molar-refractivity contribution in [1.82, 2.24) is 9.62 Å². The van der Waals surface area contributed by atoms with Crippen molar-refractivity contribution in [2.75, 3.05) is 13.1 Å². The van der Waals surface area contributed by atoms with Gasteiger partial charge in [0.25, 0.3) is 0 Å². The largest absolute Gasteiger partial charge is 0.352 e. The lowest BCUT2D eigenvalue weighted by Crippen LogP contribution is -2.35. The Labute approximate surface area is 171 Å². The van der Waals surface area contributed by atoms with E-state index in [1.807, 2.05) is 18.2 Å². The van der Waals surface area contributed by atoms with E-state index in [1.165, 1.54) is 0 Å². The van der Waals surface area contributed by atoms with E-state index < -0.39 is 10.0 Å². The van der Waals surface area contributed by atoms with Crippen LogP contribution in [0, 0.1) is 0 Å². The molecule has 1 aliphatic rings. The average molecular weight is 421 g/mol. The first kappa shape index (κ1) is 20.8. The van der Waals surface area contributed by atoms with E-state index in [0.29, 0.717) is 42.4 Å². The highest BCUT2D eigenvalue weighted by molar-refractivity contribution is 7.89. The molecule has 0 bridgehead atoms. The van der Waals surface area contributed by atoms with Gasteiger partial charge in [0.05, 0.1) is 4.90 Å². The van der Waals surface area contributed by atoms with Gasteiger partial charge in [-0.3, -0.25) is 4.79 Å². The third-order valence-corrected chi connectivity index (χ3v) is 7.04. The van der Waals surface area contributed by atoms with Crippen LogP contribution in [0.15, 0.2) is 53.4 Å². The molecule has 150 valence electrons. The van der Waals surface area contributed by atoms with Crippen LogP contribution < -0.4 is 5.32 Å². The molecule has 1 amide bonds. The van der Waals surface area contributed by atoms with Gasteiger partial charge >= 0.3 is 0 Å². The summed E-state index contributed by atoms with van der Waals surface area (Å²) < 4.78 is 26.9. The van der Waals surface area contributed by atoms with Crippen molar-refractivity contribution in [1.29, 1.82) is 0 Å². The minimum atomic E-state index is -3.41. The predicted molar refractivity (Wildman–Crippen MR) is 111 cm³/mol. The summed E-state index contributed by atoms with van der Waals surface area (Å²) in [7, 11) is -3.41. The Morgan fingerprint density at radius 1 is 1.00 bits per heavy atom. The third-order valence-electron chi connectivity index (χ3n) is 4.90. The molecule has 1 N–H and O–H groups in total. The summed E-state index contributed by atoms with van der Waals surface area (Å²) in [5.41, 5.74) is 1.89. The number of halogens is 1. The van der Waals surface area contributed by atoms with E-state index in [9.17, 15) is 13.2 Å². The quantitative estimate of drug-likeness (QED) is 0.741. The Kier molecular flexibility index (Phi) is 7.10. The number of rotatable bonds is 7. The molecule has 0 aromatic heterocycles. The molecule has 1 fully saturated rings. The van der Waals surface area contributed by atoms with E-state index in [2.05, 4.69) is 5.32 Å². The van der Waals surface area contributed by atoms with E-state index >= 15 is 0 Å². The van der Waals surface area contributed by atoms with Gasteiger partial charge in [-0.05, 0) is 54.7 Å². The summed E-state index contributed by atoms with van der Waals surface area (Å²) in [4.78, 5) is 12.4. The molecule has 0 aliphatic carbocycles. The fourth-order valence-corrected chi connectivity index (χ4v) is 5.01. The van der Waals surface area contributed by atoms with E-state index in [-0.39, 0.29) is 5.91 Å². The average Bonchev–Trinajstić information content (AvgIpc) is 2.72. The standard InChI is InChI=1S/C21H25ClN2O3S/c22-19-6-4-5-18(15-19)16-23-21(25)12-9-17-7-10-20(11-8-17)28(26,27)24-13-2-1-3-14-24/h4-8,10-11,15H,1-3,9,12-14,16H2,(H,23,25). The summed E-state index contributed by atoms with van der Waals surface area (Å²) in [6.07, 6.45) is 3.83. The maximum Gasteiger partial charge on any atom is 0.243 e. The summed E-state index contributed by atoms with van der Waals surface area (Å²) in [5.74, 6) is -0.0509. The fraction of sp³-hybridized carbons (Fsp3) is 0.381. The predicted octanol–water partition coefficient (Wildman–Crippen LogP) is 3.76. The van der Waals surface area contributed by atoms with Crippen molar-refractivity contribution < 1.29 is 13.2 Å². The van der Waals surface area contributed by atoms with E-state index in [0.717, 1.165) is 30.4 Å². The number of aryl methyl sites for hydroxylation is 1. The maximum absolute atomic E-state index is 12.7. The van der Waals surface area contributed by atoms with Gasteiger partial charge in [-0.2, -0.15) is 4.31 Å². The van der Waals surface area contributed by atoms with Crippen molar-refractivity contribution in [3.8, 4) is 0 Å². The Morgan fingerprint density at radius 3 is 2.39 bits per heavy atom. The van der Waals surface area contributed by atoms with Crippen LogP contribution in [-0.2, 0) is 27.8 Å². The normalized spacial score (nSPS) is 15.3. The third kappa shape index (κ3) is 5.56. The summed E-state index contributed by atoms with van der Waals surface area (Å²) in [6.45, 7) is 1.63. The van der Waals surface area contributed by atoms with E-state index in [4.69, 9.17) is 11.6 Å². The van der Waals surface area contributed by atoms with Gasteiger partial charge in [0.1, 0.15) is 0 Å². The second kappa shape index (κ2) is 9.54. The highest BCUT2D eigenvalue weighted by Crippen LogP contribution is 2.21. The molecule has 3 rings (SSSR count). The number of sulfonamides is 1. The number of nitrogens with zero attached hydrogens (tertiary/aromatic N) is 1. The summed E-state index contributed by atoms with van der Waals surface area (Å²) in [5, 5.41) is 3.52. The SMILES string of the molecule is O=C(CCc1ccc(S(=O)(=O)N2CCCCC2)cc1)NCc1cccc(Cl)c1. The van der Waals surface area contributed by atoms with E-state index in [1.54, 1.807) is 34.6 Å². The number of piperidine rings is 1. The van der Waals surface area contributed by atoms with Crippen LogP contribution >= 0.6 is 11.6 Å². The maximum atomic E-state index is 12.7. The lowest BCUT2D eigenvalue weighted by atomic mass is 10.1. The highest BCUT2D eigenvalue weighted by Gasteiger charge is 2.25. The Bertz CT molecular complexity index is 908. The smallest absolute Gasteiger partial charge is 0.243 e. The van der Waals surface area contributed by atoms with Crippen molar-refractivity contribution >= 4 is 27.5 Å². The van der Waals surface area contributed by atoms with Crippen LogP contribution in [0.2, 0.25) is 5.02 Å². The molecule has 0 atom stereocenters. The molecule has 5 nitrogen and oxygen atoms in total. The second-order valence-corrected chi connectivity index (χ2v) is 9.39. The number of hydrogen-bond acceptors (Lipinski definition) is 3. The molecule has 1 aliphatic heterocycles. The molecular weight excluding hydrogens is 396 g/mol. The first-order valence-electron chi connectivity index (χ1n) is 9.55. The molecule has 1 saturated heterocycles. The van der Waals surface area contributed by atoms with Gasteiger partial charge in [-0.15, -0.1) is 0 Å². The van der Waals surface area contributed by atoms with Gasteiger partial charge < -0.3 is 5.32 Å². The number of nitrogens with one attached hydrogen (secondary N) is 1. The number of amides is 1. The molecular formula is C21H25ClN2O3S. The Balaban J connectivity index is 1.50. The molecule has 7 heteroatoms. The monoisotopic (exact) mass is 420 g/mol. The zero-order valence-electron chi connectivity index (χ0n) is 15.7. The van der Waals surface area contributed by atoms with Gasteiger partial charge in [0, 0.05) is 31.1 Å². The summed E-state index contributed by atoms with van der Waals surface area (Å²) in [6, 6.07) is 14.2. The molecule has 1 heterocycles. The zero-order chi connectivity index (χ0) is 20.0. The van der Waals surface area contributed by atoms with Gasteiger partial charge in [-0.1, -0.05) is 42.3 Å². The Hall–Kier alpha value is -1.89. The van der Waals surface area contributed by atoms with Gasteiger partial charge in [-0.25, -0.2) is 8.42 Å². The number of carbonyl (C=O) groups is 1. The number of hydrogen-bond donors (Lipinski definition) is 1. The van der Waals surface area contributed by atoms with Crippen molar-refractivity contribution in [3.05, 3.63) is 64.7 Å². The van der Waals surface area contributed by atoms with Crippen LogP contribution in [0.25, 0.3) is 0 Å². The topological polar surface area (TPSA) is 66.5 Å². The Morgan fingerprint density at radius 2 is 1.71 bits per heavy atom. The molecule has 0 unspecified atom stereocenters. The first-order valence-corrected chi connectivity index (χ1v) is 11.4. The molecule has 0 spiro atoms. The highest BCUT2D eigenvalue weighted by atomic mass is 35.5. The molecule has 2 aromatic carbocycles. The van der Waals surface area contributed by atoms with Crippen molar-refractivity contribution in [3.63, 3.8) is 0 Å². The molecule has 0 saturated carbocycles. The summed E-state index contributed by atoms with van der Waals surface area (Å²) >= 11 is 5.94.